The van der Waals surface area contributed by atoms with Gasteiger partial charge >= 0.3 is 12.1 Å². The predicted molar refractivity (Wildman–Crippen MR) is 51.9 cm³/mol. The van der Waals surface area contributed by atoms with Crippen LogP contribution in [0, 0.1) is 12.3 Å². The van der Waals surface area contributed by atoms with Crippen molar-refractivity contribution in [3.05, 3.63) is 12.7 Å². The molecule has 0 heterocycles. The van der Waals surface area contributed by atoms with E-state index in [2.05, 4.69) is 17.2 Å². The van der Waals surface area contributed by atoms with Crippen molar-refractivity contribution >= 4 is 5.97 Å². The smallest absolute Gasteiger partial charge is 0.402 e. The van der Waals surface area contributed by atoms with Crippen LogP contribution in [0.5, 0.6) is 0 Å². The summed E-state index contributed by atoms with van der Waals surface area (Å²) in [6.07, 6.45) is 0.0226. The average Bonchev–Trinajstić information content (AvgIpc) is 2.11. The first kappa shape index (κ1) is 14.5. The van der Waals surface area contributed by atoms with Crippen molar-refractivity contribution in [2.24, 2.45) is 0 Å². The van der Waals surface area contributed by atoms with Crippen molar-refractivity contribution in [3.8, 4) is 12.3 Å². The molecule has 0 aliphatic carbocycles. The van der Waals surface area contributed by atoms with Crippen LogP contribution in [0.1, 0.15) is 0 Å². The molecule has 0 N–H and O–H groups in total. The monoisotopic (exact) mass is 236 g/mol. The van der Waals surface area contributed by atoms with Gasteiger partial charge in [-0.25, -0.2) is 4.79 Å². The maximum atomic E-state index is 12.0. The minimum atomic E-state index is -5.02. The molecule has 0 saturated heterocycles. The maximum absolute atomic E-state index is 12.0. The number of carbonyl (C=O) groups is 1. The van der Waals surface area contributed by atoms with E-state index in [1.807, 2.05) is 0 Å². The van der Waals surface area contributed by atoms with Gasteiger partial charge in [-0.15, -0.1) is 6.42 Å². The fourth-order valence-corrected chi connectivity index (χ4v) is 0.978. The summed E-state index contributed by atoms with van der Waals surface area (Å²) in [5.74, 6) is 0.0372. The number of esters is 1. The second-order valence-electron chi connectivity index (χ2n) is 3.67. The number of quaternary nitrogens is 1. The van der Waals surface area contributed by atoms with E-state index in [1.54, 1.807) is 0 Å². The van der Waals surface area contributed by atoms with E-state index >= 15 is 0 Å². The highest BCUT2D eigenvalue weighted by Crippen LogP contribution is 2.20. The normalized spacial score (nSPS) is 13.8. The van der Waals surface area contributed by atoms with Crippen LogP contribution < -0.4 is 0 Å². The Kier molecular flexibility index (Phi) is 4.57. The van der Waals surface area contributed by atoms with Crippen LogP contribution in [0.15, 0.2) is 12.7 Å². The number of ether oxygens (including phenoxy) is 1. The number of likely N-dealkylation sites (N-methyl/N-ethyl adjacent to an activating group) is 1. The zero-order valence-corrected chi connectivity index (χ0v) is 9.04. The van der Waals surface area contributed by atoms with Gasteiger partial charge in [0.25, 0.3) is 6.23 Å². The Morgan fingerprint density at radius 1 is 1.62 bits per heavy atom. The molecule has 0 bridgehead atoms. The van der Waals surface area contributed by atoms with Crippen molar-refractivity contribution in [1.82, 2.24) is 0 Å². The summed E-state index contributed by atoms with van der Waals surface area (Å²) < 4.78 is 40.1. The van der Waals surface area contributed by atoms with Crippen molar-refractivity contribution in [3.63, 3.8) is 0 Å². The van der Waals surface area contributed by atoms with E-state index in [9.17, 15) is 18.0 Å². The number of alkyl halides is 3. The third-order valence-electron chi connectivity index (χ3n) is 1.85. The molecule has 1 unspecified atom stereocenters. The Bertz CT molecular complexity index is 315. The fourth-order valence-electron chi connectivity index (χ4n) is 0.978. The van der Waals surface area contributed by atoms with E-state index in [1.165, 1.54) is 14.1 Å². The summed E-state index contributed by atoms with van der Waals surface area (Å²) in [5, 5.41) is 0. The van der Waals surface area contributed by atoms with Gasteiger partial charge in [0.2, 0.25) is 0 Å². The fraction of sp³-hybridized carbons (Fsp3) is 0.500. The van der Waals surface area contributed by atoms with E-state index < -0.39 is 18.4 Å². The molecule has 90 valence electrons. The number of terminal acetylenes is 1. The minimum absolute atomic E-state index is 0.109. The van der Waals surface area contributed by atoms with Crippen molar-refractivity contribution in [1.29, 1.82) is 0 Å². The molecule has 0 aliphatic heterocycles. The van der Waals surface area contributed by atoms with Crippen molar-refractivity contribution in [2.75, 3.05) is 20.6 Å². The number of halogens is 3. The average molecular weight is 236 g/mol. The second-order valence-corrected chi connectivity index (χ2v) is 3.67. The predicted octanol–water partition coefficient (Wildman–Crippen LogP) is 1.31. The van der Waals surface area contributed by atoms with Crippen LogP contribution in [0.25, 0.3) is 0 Å². The molecule has 6 heteroatoms. The molecule has 0 radical (unpaired) electrons. The van der Waals surface area contributed by atoms with Gasteiger partial charge in [0.05, 0.1) is 14.1 Å². The van der Waals surface area contributed by atoms with Crippen LogP contribution in [0.3, 0.4) is 0 Å². The molecule has 0 rings (SSSR count). The summed E-state index contributed by atoms with van der Waals surface area (Å²) in [7, 11) is 3.08. The summed E-state index contributed by atoms with van der Waals surface area (Å²) in [6, 6.07) is 0. The SMILES string of the molecule is C#CC[N+](C)(C)C(C=C)OC(=O)C(F)(F)F. The third kappa shape index (κ3) is 3.95. The lowest BCUT2D eigenvalue weighted by atomic mass is 10.4. The van der Waals surface area contributed by atoms with E-state index in [0.29, 0.717) is 0 Å². The first-order valence-electron chi connectivity index (χ1n) is 4.31. The van der Waals surface area contributed by atoms with Crippen molar-refractivity contribution < 1.29 is 27.2 Å². The summed E-state index contributed by atoms with van der Waals surface area (Å²) in [6.45, 7) is 3.43. The zero-order valence-electron chi connectivity index (χ0n) is 9.04. The summed E-state index contributed by atoms with van der Waals surface area (Å²) in [5.41, 5.74) is 0. The number of hydrogen-bond acceptors (Lipinski definition) is 2. The molecule has 1 atom stereocenters. The van der Waals surface area contributed by atoms with Crippen LogP contribution in [-0.2, 0) is 9.53 Å². The van der Waals surface area contributed by atoms with Gasteiger partial charge in [-0.1, -0.05) is 6.58 Å². The number of nitrogens with zero attached hydrogens (tertiary/aromatic N) is 1. The molecule has 0 aromatic heterocycles. The largest absolute Gasteiger partial charge is 0.491 e. The van der Waals surface area contributed by atoms with Gasteiger partial charge in [0.1, 0.15) is 6.54 Å². The quantitative estimate of drug-likeness (QED) is 0.242. The molecule has 0 saturated carbocycles. The van der Waals surface area contributed by atoms with Gasteiger partial charge in [0, 0.05) is 6.08 Å². The molecular weight excluding hydrogens is 223 g/mol. The lowest BCUT2D eigenvalue weighted by Gasteiger charge is -2.33. The lowest BCUT2D eigenvalue weighted by molar-refractivity contribution is -0.921. The minimum Gasteiger partial charge on any atom is -0.402 e. The van der Waals surface area contributed by atoms with Gasteiger partial charge in [-0.2, -0.15) is 13.2 Å². The van der Waals surface area contributed by atoms with Crippen molar-refractivity contribution in [2.45, 2.75) is 12.4 Å². The van der Waals surface area contributed by atoms with Crippen LogP contribution in [0.4, 0.5) is 13.2 Å². The highest BCUT2D eigenvalue weighted by atomic mass is 19.4. The molecule has 0 spiro atoms. The first-order valence-corrected chi connectivity index (χ1v) is 4.31. The maximum Gasteiger partial charge on any atom is 0.491 e. The lowest BCUT2D eigenvalue weighted by Crippen LogP contribution is -2.51. The molecule has 0 amide bonds. The molecule has 3 nitrogen and oxygen atoms in total. The standard InChI is InChI=1S/C10H13F3NO2/c1-5-7-14(3,4)8(6-2)16-9(15)10(11,12)13/h1,6,8H,2,7H2,3-4H3/q+1. The van der Waals surface area contributed by atoms with E-state index in [-0.39, 0.29) is 11.0 Å². The highest BCUT2D eigenvalue weighted by molar-refractivity contribution is 5.75. The molecular formula is C10H13F3NO2+. The van der Waals surface area contributed by atoms with Gasteiger partial charge < -0.3 is 4.74 Å². The molecule has 16 heavy (non-hydrogen) atoms. The number of carbonyl (C=O) groups excluding carboxylic acids is 1. The second kappa shape index (κ2) is 5.03. The molecule has 0 aromatic carbocycles. The first-order chi connectivity index (χ1) is 7.15. The van der Waals surface area contributed by atoms with Gasteiger partial charge in [-0.05, 0) is 5.92 Å². The van der Waals surface area contributed by atoms with Crippen LogP contribution in [0.2, 0.25) is 0 Å². The van der Waals surface area contributed by atoms with Gasteiger partial charge in [-0.3, -0.25) is 4.48 Å². The molecule has 0 aromatic rings. The van der Waals surface area contributed by atoms with Crippen LogP contribution in [-0.4, -0.2) is 43.5 Å². The van der Waals surface area contributed by atoms with E-state index in [0.717, 1.165) is 6.08 Å². The zero-order chi connectivity index (χ0) is 13.0. The topological polar surface area (TPSA) is 26.3 Å². The Balaban J connectivity index is 4.73. The third-order valence-corrected chi connectivity index (χ3v) is 1.85. The highest BCUT2D eigenvalue weighted by Gasteiger charge is 2.44. The number of hydrogen-bond donors (Lipinski definition) is 0. The van der Waals surface area contributed by atoms with Crippen LogP contribution >= 0.6 is 0 Å². The number of rotatable bonds is 4. The summed E-state index contributed by atoms with van der Waals surface area (Å²) in [4.78, 5) is 10.6. The summed E-state index contributed by atoms with van der Waals surface area (Å²) >= 11 is 0. The molecule has 0 fully saturated rings. The Morgan fingerprint density at radius 3 is 2.44 bits per heavy atom. The Labute approximate surface area is 92.1 Å². The van der Waals surface area contributed by atoms with Gasteiger partial charge in [0.15, 0.2) is 0 Å². The Morgan fingerprint density at radius 2 is 2.12 bits per heavy atom. The van der Waals surface area contributed by atoms with E-state index in [4.69, 9.17) is 6.42 Å². The molecule has 0 aliphatic rings. The Hall–Kier alpha value is -1.48.